The van der Waals surface area contributed by atoms with Gasteiger partial charge in [0.2, 0.25) is 0 Å². The molecule has 0 bridgehead atoms. The topological polar surface area (TPSA) is 45.7 Å². The zero-order chi connectivity index (χ0) is 17.6. The predicted molar refractivity (Wildman–Crippen MR) is 105 cm³/mol. The molecular weight excluding hydrogens is 378 g/mol. The third kappa shape index (κ3) is 2.89. The van der Waals surface area contributed by atoms with Crippen molar-refractivity contribution in [2.45, 2.75) is 39.5 Å². The number of aliphatic imine (C=N–C) groups is 1. The SMILES string of the molecule is Cc1ccc(C)c(N=Cc2c(O)c(Br)cc3oc4c(c23)CCCC4)c1. The molecule has 4 heteroatoms. The van der Waals surface area contributed by atoms with Gasteiger partial charge in [-0.2, -0.15) is 0 Å². The van der Waals surface area contributed by atoms with Crippen LogP contribution in [0.25, 0.3) is 11.0 Å². The van der Waals surface area contributed by atoms with Crippen LogP contribution in [0.5, 0.6) is 5.75 Å². The van der Waals surface area contributed by atoms with E-state index in [1.54, 1.807) is 6.21 Å². The largest absolute Gasteiger partial charge is 0.506 e. The summed E-state index contributed by atoms with van der Waals surface area (Å²) < 4.78 is 6.69. The van der Waals surface area contributed by atoms with Gasteiger partial charge in [0, 0.05) is 29.1 Å². The summed E-state index contributed by atoms with van der Waals surface area (Å²) in [5.74, 6) is 1.27. The van der Waals surface area contributed by atoms with Gasteiger partial charge in [0.05, 0.1) is 10.2 Å². The van der Waals surface area contributed by atoms with Gasteiger partial charge in [-0.05, 0) is 72.3 Å². The fourth-order valence-corrected chi connectivity index (χ4v) is 3.95. The van der Waals surface area contributed by atoms with E-state index in [2.05, 4.69) is 46.0 Å². The van der Waals surface area contributed by atoms with Crippen LogP contribution in [0.1, 0.15) is 40.9 Å². The zero-order valence-electron chi connectivity index (χ0n) is 14.4. The van der Waals surface area contributed by atoms with Gasteiger partial charge in [-0.1, -0.05) is 12.1 Å². The summed E-state index contributed by atoms with van der Waals surface area (Å²) in [4.78, 5) is 4.67. The number of furan rings is 1. The third-order valence-corrected chi connectivity index (χ3v) is 5.51. The van der Waals surface area contributed by atoms with E-state index in [1.165, 1.54) is 11.1 Å². The van der Waals surface area contributed by atoms with Gasteiger partial charge in [0.1, 0.15) is 17.1 Å². The number of aryl methyl sites for hydroxylation is 4. The Labute approximate surface area is 155 Å². The van der Waals surface area contributed by atoms with Gasteiger partial charge in [-0.25, -0.2) is 0 Å². The number of hydrogen-bond acceptors (Lipinski definition) is 3. The molecule has 25 heavy (non-hydrogen) atoms. The standard InChI is InChI=1S/C21H20BrNO2/c1-12-7-8-13(2)17(9-12)23-11-15-20-14-5-3-4-6-18(14)25-19(20)10-16(22)21(15)24/h7-11,24H,3-6H2,1-2H3. The normalized spacial score (nSPS) is 14.4. The molecule has 0 aliphatic heterocycles. The second-order valence-corrected chi connectivity index (χ2v) is 7.61. The Morgan fingerprint density at radius 2 is 1.96 bits per heavy atom. The molecule has 3 nitrogen and oxygen atoms in total. The molecule has 0 spiro atoms. The quantitative estimate of drug-likeness (QED) is 0.527. The number of nitrogens with zero attached hydrogens (tertiary/aromatic N) is 1. The number of halogens is 1. The van der Waals surface area contributed by atoms with E-state index in [-0.39, 0.29) is 5.75 Å². The molecule has 2 aromatic carbocycles. The third-order valence-electron chi connectivity index (χ3n) is 4.90. The molecule has 128 valence electrons. The minimum absolute atomic E-state index is 0.218. The summed E-state index contributed by atoms with van der Waals surface area (Å²) in [6.07, 6.45) is 6.05. The lowest BCUT2D eigenvalue weighted by Gasteiger charge is -2.10. The monoisotopic (exact) mass is 397 g/mol. The molecule has 1 heterocycles. The van der Waals surface area contributed by atoms with Gasteiger partial charge in [-0.3, -0.25) is 4.99 Å². The average Bonchev–Trinajstić information content (AvgIpc) is 2.96. The molecule has 4 rings (SSSR count). The minimum Gasteiger partial charge on any atom is -0.506 e. The number of phenols is 1. The Morgan fingerprint density at radius 1 is 1.16 bits per heavy atom. The highest BCUT2D eigenvalue weighted by Gasteiger charge is 2.22. The van der Waals surface area contributed by atoms with Crippen molar-refractivity contribution < 1.29 is 9.52 Å². The van der Waals surface area contributed by atoms with E-state index in [9.17, 15) is 5.11 Å². The first kappa shape index (κ1) is 16.4. The molecule has 1 aromatic heterocycles. The molecular formula is C21H20BrNO2. The van der Waals surface area contributed by atoms with Gasteiger partial charge in [0.15, 0.2) is 0 Å². The summed E-state index contributed by atoms with van der Waals surface area (Å²) in [5.41, 5.74) is 5.98. The van der Waals surface area contributed by atoms with E-state index in [4.69, 9.17) is 4.42 Å². The van der Waals surface area contributed by atoms with Crippen molar-refractivity contribution in [1.29, 1.82) is 0 Å². The first-order chi connectivity index (χ1) is 12.0. The van der Waals surface area contributed by atoms with E-state index in [0.717, 1.165) is 59.2 Å². The first-order valence-electron chi connectivity index (χ1n) is 8.61. The summed E-state index contributed by atoms with van der Waals surface area (Å²) in [6, 6.07) is 8.06. The Bertz CT molecular complexity index is 1000. The van der Waals surface area contributed by atoms with Crippen LogP contribution in [0, 0.1) is 13.8 Å². The molecule has 3 aromatic rings. The summed E-state index contributed by atoms with van der Waals surface area (Å²) in [7, 11) is 0. The van der Waals surface area contributed by atoms with E-state index in [0.29, 0.717) is 4.47 Å². The molecule has 0 amide bonds. The maximum absolute atomic E-state index is 10.6. The molecule has 0 saturated heterocycles. The molecule has 1 aliphatic carbocycles. The number of hydrogen-bond donors (Lipinski definition) is 1. The van der Waals surface area contributed by atoms with Gasteiger partial charge in [0.25, 0.3) is 0 Å². The fourth-order valence-electron chi connectivity index (χ4n) is 3.53. The molecule has 0 radical (unpaired) electrons. The van der Waals surface area contributed by atoms with Gasteiger partial charge < -0.3 is 9.52 Å². The highest BCUT2D eigenvalue weighted by molar-refractivity contribution is 9.10. The maximum Gasteiger partial charge on any atom is 0.139 e. The van der Waals surface area contributed by atoms with Crippen molar-refractivity contribution in [3.8, 4) is 5.75 Å². The molecule has 1 aliphatic rings. The van der Waals surface area contributed by atoms with Crippen LogP contribution in [0.3, 0.4) is 0 Å². The zero-order valence-corrected chi connectivity index (χ0v) is 16.0. The second kappa shape index (κ2) is 6.34. The van der Waals surface area contributed by atoms with Crippen molar-refractivity contribution in [3.05, 3.63) is 56.8 Å². The Morgan fingerprint density at radius 3 is 2.80 bits per heavy atom. The summed E-state index contributed by atoms with van der Waals surface area (Å²) in [6.45, 7) is 4.10. The van der Waals surface area contributed by atoms with E-state index < -0.39 is 0 Å². The average molecular weight is 398 g/mol. The van der Waals surface area contributed by atoms with Crippen LogP contribution in [0.2, 0.25) is 0 Å². The predicted octanol–water partition coefficient (Wildman–Crippen LogP) is 6.15. The summed E-state index contributed by atoms with van der Waals surface area (Å²) in [5, 5.41) is 11.6. The number of rotatable bonds is 2. The first-order valence-corrected chi connectivity index (χ1v) is 9.41. The van der Waals surface area contributed by atoms with Crippen molar-refractivity contribution in [2.24, 2.45) is 4.99 Å². The molecule has 1 N–H and O–H groups in total. The Hall–Kier alpha value is -2.07. The lowest BCUT2D eigenvalue weighted by molar-refractivity contribution is 0.471. The molecule has 0 fully saturated rings. The minimum atomic E-state index is 0.218. The number of benzene rings is 2. The highest BCUT2D eigenvalue weighted by atomic mass is 79.9. The van der Waals surface area contributed by atoms with E-state index >= 15 is 0 Å². The molecule has 0 saturated carbocycles. The van der Waals surface area contributed by atoms with Gasteiger partial charge >= 0.3 is 0 Å². The fraction of sp³-hybridized carbons (Fsp3) is 0.286. The number of aromatic hydroxyl groups is 1. The smallest absolute Gasteiger partial charge is 0.139 e. The summed E-state index contributed by atoms with van der Waals surface area (Å²) >= 11 is 3.44. The maximum atomic E-state index is 10.6. The number of fused-ring (bicyclic) bond motifs is 3. The van der Waals surface area contributed by atoms with Crippen molar-refractivity contribution in [2.75, 3.05) is 0 Å². The second-order valence-electron chi connectivity index (χ2n) is 6.75. The van der Waals surface area contributed by atoms with Crippen LogP contribution in [0.15, 0.2) is 38.1 Å². The van der Waals surface area contributed by atoms with Crippen molar-refractivity contribution >= 4 is 38.8 Å². The van der Waals surface area contributed by atoms with Crippen LogP contribution in [0.4, 0.5) is 5.69 Å². The van der Waals surface area contributed by atoms with Crippen molar-refractivity contribution in [3.63, 3.8) is 0 Å². The van der Waals surface area contributed by atoms with Crippen LogP contribution >= 0.6 is 15.9 Å². The Kier molecular flexibility index (Phi) is 4.16. The lowest BCUT2D eigenvalue weighted by atomic mass is 9.94. The van der Waals surface area contributed by atoms with Gasteiger partial charge in [-0.15, -0.1) is 0 Å². The van der Waals surface area contributed by atoms with Crippen LogP contribution in [-0.4, -0.2) is 11.3 Å². The van der Waals surface area contributed by atoms with Crippen molar-refractivity contribution in [1.82, 2.24) is 0 Å². The van der Waals surface area contributed by atoms with Crippen LogP contribution < -0.4 is 0 Å². The molecule has 0 atom stereocenters. The Balaban J connectivity index is 1.91. The highest BCUT2D eigenvalue weighted by Crippen LogP contribution is 2.40. The number of phenolic OH excluding ortho intramolecular Hbond substituents is 1. The molecule has 0 unspecified atom stereocenters. The van der Waals surface area contributed by atoms with E-state index in [1.807, 2.05) is 13.0 Å². The lowest BCUT2D eigenvalue weighted by Crippen LogP contribution is -1.99. The van der Waals surface area contributed by atoms with Crippen LogP contribution in [-0.2, 0) is 12.8 Å².